The van der Waals surface area contributed by atoms with Gasteiger partial charge in [-0.3, -0.25) is 0 Å². The summed E-state index contributed by atoms with van der Waals surface area (Å²) in [6.45, 7) is 23.4. The molecule has 3 aliphatic rings. The number of esters is 1. The Hall–Kier alpha value is -0.516. The van der Waals surface area contributed by atoms with Gasteiger partial charge >= 0.3 is 5.97 Å². The van der Waals surface area contributed by atoms with Crippen molar-refractivity contribution in [2.24, 2.45) is 0 Å². The highest BCUT2D eigenvalue weighted by molar-refractivity contribution is 6.74. The summed E-state index contributed by atoms with van der Waals surface area (Å²) in [6, 6.07) is 0. The third-order valence-electron chi connectivity index (χ3n) is 8.71. The van der Waals surface area contributed by atoms with Gasteiger partial charge in [0.1, 0.15) is 6.10 Å². The number of rotatable bonds is 8. The van der Waals surface area contributed by atoms with Crippen molar-refractivity contribution >= 4 is 22.6 Å². The molecule has 8 heteroatoms. The number of carbonyl (C=O) groups excluding carboxylic acids is 1. The van der Waals surface area contributed by atoms with Gasteiger partial charge in [0.2, 0.25) is 0 Å². The second-order valence-corrected chi connectivity index (χ2v) is 22.9. The second kappa shape index (κ2) is 10.1. The van der Waals surface area contributed by atoms with E-state index in [2.05, 4.69) is 67.7 Å². The molecule has 196 valence electrons. The number of carbonyl (C=O) groups is 1. The van der Waals surface area contributed by atoms with E-state index in [0.717, 1.165) is 25.7 Å². The predicted octanol–water partition coefficient (Wildman–Crippen LogP) is 5.98. The molecule has 0 bridgehead atoms. The molecule has 2 saturated heterocycles. The first-order valence-corrected chi connectivity index (χ1v) is 18.8. The van der Waals surface area contributed by atoms with Crippen molar-refractivity contribution in [2.45, 2.75) is 140 Å². The van der Waals surface area contributed by atoms with Gasteiger partial charge in [0, 0.05) is 6.08 Å². The minimum absolute atomic E-state index is 0.00995. The van der Waals surface area contributed by atoms with Crippen LogP contribution in [0.2, 0.25) is 36.3 Å². The Morgan fingerprint density at radius 1 is 0.882 bits per heavy atom. The Balaban J connectivity index is 1.65. The van der Waals surface area contributed by atoms with Gasteiger partial charge in [0.25, 0.3) is 0 Å². The molecule has 0 amide bonds. The molecule has 3 rings (SSSR count). The molecule has 6 atom stereocenters. The second-order valence-electron chi connectivity index (χ2n) is 13.3. The molecule has 3 heterocycles. The van der Waals surface area contributed by atoms with E-state index >= 15 is 0 Å². The first-order chi connectivity index (χ1) is 15.5. The van der Waals surface area contributed by atoms with Gasteiger partial charge in [-0.25, -0.2) is 4.79 Å². The van der Waals surface area contributed by atoms with Crippen molar-refractivity contribution in [3.63, 3.8) is 0 Å². The maximum absolute atomic E-state index is 11.4. The van der Waals surface area contributed by atoms with Crippen LogP contribution in [0.5, 0.6) is 0 Å². The maximum atomic E-state index is 11.4. The zero-order chi connectivity index (χ0) is 25.5. The fourth-order valence-corrected chi connectivity index (χ4v) is 6.65. The molecule has 0 radical (unpaired) electrons. The van der Waals surface area contributed by atoms with Gasteiger partial charge in [-0.2, -0.15) is 0 Å². The molecule has 2 fully saturated rings. The van der Waals surface area contributed by atoms with E-state index in [-0.39, 0.29) is 52.7 Å². The zero-order valence-electron chi connectivity index (χ0n) is 23.1. The van der Waals surface area contributed by atoms with Crippen LogP contribution in [0.25, 0.3) is 0 Å². The lowest BCUT2D eigenvalue weighted by Gasteiger charge is -2.43. The Bertz CT molecular complexity index is 751. The molecule has 0 N–H and O–H groups in total. The molecule has 0 aromatic rings. The first-order valence-electron chi connectivity index (χ1n) is 13.0. The molecule has 0 unspecified atom stereocenters. The summed E-state index contributed by atoms with van der Waals surface area (Å²) in [6.07, 6.45) is 6.73. The predicted molar refractivity (Wildman–Crippen MR) is 140 cm³/mol. The van der Waals surface area contributed by atoms with Crippen LogP contribution in [0.4, 0.5) is 0 Å². The van der Waals surface area contributed by atoms with Crippen LogP contribution in [-0.2, 0) is 27.9 Å². The van der Waals surface area contributed by atoms with E-state index in [9.17, 15) is 4.79 Å². The number of cyclic esters (lactones) is 1. The fraction of sp³-hybridized carbons (Fsp3) is 0.885. The fourth-order valence-electron chi connectivity index (χ4n) is 4.31. The Morgan fingerprint density at radius 2 is 1.44 bits per heavy atom. The summed E-state index contributed by atoms with van der Waals surface area (Å²) in [5.41, 5.74) is 0. The summed E-state index contributed by atoms with van der Waals surface area (Å²) in [4.78, 5) is 11.4. The lowest BCUT2D eigenvalue weighted by molar-refractivity contribution is -0.147. The van der Waals surface area contributed by atoms with Crippen molar-refractivity contribution in [3.05, 3.63) is 12.2 Å². The summed E-state index contributed by atoms with van der Waals surface area (Å²) >= 11 is 0. The quantitative estimate of drug-likeness (QED) is 0.295. The number of hydrogen-bond donors (Lipinski definition) is 0. The topological polar surface area (TPSA) is 63.2 Å². The van der Waals surface area contributed by atoms with Gasteiger partial charge in [-0.15, -0.1) is 0 Å². The molecular weight excluding hydrogens is 464 g/mol. The van der Waals surface area contributed by atoms with Crippen LogP contribution in [-0.4, -0.2) is 65.8 Å². The van der Waals surface area contributed by atoms with E-state index in [1.165, 1.54) is 6.08 Å². The van der Waals surface area contributed by atoms with Crippen LogP contribution in [0.3, 0.4) is 0 Å². The summed E-state index contributed by atoms with van der Waals surface area (Å²) in [5, 5.41) is 0.271. The highest BCUT2D eigenvalue weighted by Crippen LogP contribution is 2.41. The van der Waals surface area contributed by atoms with Gasteiger partial charge in [-0.05, 0) is 68.0 Å². The summed E-state index contributed by atoms with van der Waals surface area (Å²) in [7, 11) is -3.90. The summed E-state index contributed by atoms with van der Waals surface area (Å²) < 4.78 is 31.9. The zero-order valence-corrected chi connectivity index (χ0v) is 25.1. The molecule has 0 saturated carbocycles. The van der Waals surface area contributed by atoms with E-state index in [1.807, 2.05) is 6.08 Å². The van der Waals surface area contributed by atoms with Crippen molar-refractivity contribution in [2.75, 3.05) is 6.61 Å². The highest BCUT2D eigenvalue weighted by atomic mass is 28.4. The van der Waals surface area contributed by atoms with E-state index in [0.29, 0.717) is 6.61 Å². The lowest BCUT2D eigenvalue weighted by atomic mass is 10.0. The molecule has 0 aliphatic carbocycles. The van der Waals surface area contributed by atoms with E-state index in [4.69, 9.17) is 23.1 Å². The van der Waals surface area contributed by atoms with Gasteiger partial charge in [0.05, 0.1) is 37.1 Å². The standard InChI is InChI=1S/C26H48O6Si2/c1-25(2,3)33(7,8)28-17-23(32-34(9,10)26(4,5)6)22-14-13-19(30-22)18-11-12-20(29-18)21-15-16-24(27)31-21/h15-16,18-23H,11-14,17H2,1-10H3/t18-,19+,20-,21-,22+,23+/m0/s1. The van der Waals surface area contributed by atoms with Crippen molar-refractivity contribution < 1.29 is 27.9 Å². The molecule has 0 aromatic carbocycles. The average molecular weight is 513 g/mol. The minimum Gasteiger partial charge on any atom is -0.452 e. The molecule has 6 nitrogen and oxygen atoms in total. The Morgan fingerprint density at radius 3 is 2.00 bits per heavy atom. The largest absolute Gasteiger partial charge is 0.452 e. The molecule has 0 spiro atoms. The van der Waals surface area contributed by atoms with Crippen LogP contribution in [0.1, 0.15) is 67.2 Å². The van der Waals surface area contributed by atoms with Crippen molar-refractivity contribution in [3.8, 4) is 0 Å². The number of hydrogen-bond acceptors (Lipinski definition) is 6. The van der Waals surface area contributed by atoms with Crippen molar-refractivity contribution in [1.82, 2.24) is 0 Å². The van der Waals surface area contributed by atoms with Crippen LogP contribution in [0, 0.1) is 0 Å². The Kier molecular flexibility index (Phi) is 8.33. The van der Waals surface area contributed by atoms with Crippen molar-refractivity contribution in [1.29, 1.82) is 0 Å². The van der Waals surface area contributed by atoms with Crippen LogP contribution in [0.15, 0.2) is 12.2 Å². The Labute approximate surface area is 209 Å². The molecule has 34 heavy (non-hydrogen) atoms. The lowest BCUT2D eigenvalue weighted by Crippen LogP contribution is -2.51. The van der Waals surface area contributed by atoms with Crippen LogP contribution < -0.4 is 0 Å². The molecule has 3 aliphatic heterocycles. The van der Waals surface area contributed by atoms with Gasteiger partial charge < -0.3 is 23.1 Å². The van der Waals surface area contributed by atoms with Crippen LogP contribution >= 0.6 is 0 Å². The van der Waals surface area contributed by atoms with Gasteiger partial charge in [-0.1, -0.05) is 41.5 Å². The monoisotopic (exact) mass is 512 g/mol. The SMILES string of the molecule is CC(C)(C)[Si](C)(C)OC[C@@H](O[Si](C)(C)C(C)(C)C)[C@H]1CC[C@H]([C@@H]2CC[C@@H]([C@@H]3C=CC(=O)O3)O2)O1. The minimum atomic E-state index is -2.00. The normalized spacial score (nSPS) is 31.8. The molecular formula is C26H48O6Si2. The third kappa shape index (κ3) is 6.42. The van der Waals surface area contributed by atoms with E-state index < -0.39 is 16.6 Å². The molecule has 0 aromatic heterocycles. The first kappa shape index (κ1) is 28.1. The summed E-state index contributed by atoms with van der Waals surface area (Å²) in [5.74, 6) is -0.276. The smallest absolute Gasteiger partial charge is 0.331 e. The third-order valence-corrected chi connectivity index (χ3v) is 17.7. The highest BCUT2D eigenvalue weighted by Gasteiger charge is 2.47. The van der Waals surface area contributed by atoms with E-state index in [1.54, 1.807) is 0 Å². The average Bonchev–Trinajstić information content (AvgIpc) is 3.42. The maximum Gasteiger partial charge on any atom is 0.331 e. The number of ether oxygens (including phenoxy) is 3. The van der Waals surface area contributed by atoms with Gasteiger partial charge in [0.15, 0.2) is 16.6 Å².